The number of H-pyrrole nitrogens is 1. The first-order chi connectivity index (χ1) is 14.0. The van der Waals surface area contributed by atoms with Gasteiger partial charge in [-0.1, -0.05) is 30.0 Å². The number of ketones is 2. The predicted molar refractivity (Wildman–Crippen MR) is 116 cm³/mol. The summed E-state index contributed by atoms with van der Waals surface area (Å²) in [4.78, 5) is 32.8. The molecule has 2 heterocycles. The summed E-state index contributed by atoms with van der Waals surface area (Å²) in [7, 11) is 0. The summed E-state index contributed by atoms with van der Waals surface area (Å²) in [6.07, 6.45) is 4.34. The molecule has 1 N–H and O–H groups in total. The van der Waals surface area contributed by atoms with Crippen molar-refractivity contribution in [3.8, 4) is 5.69 Å². The van der Waals surface area contributed by atoms with Crippen LogP contribution in [0.4, 0.5) is 0 Å². The van der Waals surface area contributed by atoms with E-state index in [4.69, 9.17) is 4.98 Å². The minimum Gasteiger partial charge on any atom is -0.355 e. The molecule has 2 aromatic heterocycles. The van der Waals surface area contributed by atoms with Crippen LogP contribution >= 0.6 is 11.8 Å². The van der Waals surface area contributed by atoms with Gasteiger partial charge in [0.15, 0.2) is 16.7 Å². The van der Waals surface area contributed by atoms with Crippen LogP contribution in [0.1, 0.15) is 63.3 Å². The summed E-state index contributed by atoms with van der Waals surface area (Å²) in [5.74, 6) is 0.250. The van der Waals surface area contributed by atoms with Crippen LogP contribution in [0.15, 0.2) is 35.5 Å². The molecule has 0 fully saturated rings. The van der Waals surface area contributed by atoms with Crippen molar-refractivity contribution in [3.05, 3.63) is 64.2 Å². The highest BCUT2D eigenvalue weighted by Crippen LogP contribution is 2.31. The molecule has 0 saturated carbocycles. The van der Waals surface area contributed by atoms with Gasteiger partial charge in [0.05, 0.1) is 17.1 Å². The third-order valence-electron chi connectivity index (χ3n) is 5.52. The van der Waals surface area contributed by atoms with Gasteiger partial charge >= 0.3 is 0 Å². The van der Waals surface area contributed by atoms with Gasteiger partial charge in [0.2, 0.25) is 0 Å². The zero-order chi connectivity index (χ0) is 20.5. The van der Waals surface area contributed by atoms with E-state index in [1.54, 1.807) is 0 Å². The van der Waals surface area contributed by atoms with Crippen molar-refractivity contribution in [2.24, 2.45) is 0 Å². The number of carbonyl (C=O) groups excluding carboxylic acids is 2. The molecule has 0 unspecified atom stereocenters. The van der Waals surface area contributed by atoms with E-state index in [1.165, 1.54) is 30.8 Å². The van der Waals surface area contributed by atoms with Crippen LogP contribution in [0, 0.1) is 13.8 Å². The highest BCUT2D eigenvalue weighted by molar-refractivity contribution is 7.99. The van der Waals surface area contributed by atoms with Crippen LogP contribution in [0.3, 0.4) is 0 Å². The molecule has 1 aliphatic rings. The number of rotatable bonds is 6. The largest absolute Gasteiger partial charge is 0.355 e. The molecule has 0 amide bonds. The highest BCUT2D eigenvalue weighted by Gasteiger charge is 2.24. The van der Waals surface area contributed by atoms with E-state index in [1.807, 2.05) is 32.0 Å². The van der Waals surface area contributed by atoms with Crippen molar-refractivity contribution in [3.63, 3.8) is 0 Å². The van der Waals surface area contributed by atoms with Crippen LogP contribution in [-0.2, 0) is 12.8 Å². The second kappa shape index (κ2) is 8.03. The van der Waals surface area contributed by atoms with Crippen molar-refractivity contribution in [1.29, 1.82) is 0 Å². The quantitative estimate of drug-likeness (QED) is 0.467. The molecule has 0 spiro atoms. The number of imidazole rings is 1. The summed E-state index contributed by atoms with van der Waals surface area (Å²) in [6.45, 7) is 5.21. The average Bonchev–Trinajstić information content (AvgIpc) is 3.23. The van der Waals surface area contributed by atoms with Crippen molar-refractivity contribution in [2.75, 3.05) is 5.75 Å². The highest BCUT2D eigenvalue weighted by atomic mass is 32.2. The van der Waals surface area contributed by atoms with Crippen LogP contribution in [-0.4, -0.2) is 31.9 Å². The molecule has 0 atom stereocenters. The van der Waals surface area contributed by atoms with E-state index in [9.17, 15) is 9.59 Å². The number of hydrogen-bond donors (Lipinski definition) is 1. The zero-order valence-corrected chi connectivity index (χ0v) is 17.9. The lowest BCUT2D eigenvalue weighted by Gasteiger charge is -2.15. The summed E-state index contributed by atoms with van der Waals surface area (Å²) < 4.78 is 2.21. The Morgan fingerprint density at radius 2 is 1.86 bits per heavy atom. The molecule has 5 nitrogen and oxygen atoms in total. The van der Waals surface area contributed by atoms with Gasteiger partial charge in [-0.05, 0) is 64.2 Å². The normalized spacial score (nSPS) is 13.3. The number of hydrogen-bond acceptors (Lipinski definition) is 4. The Labute approximate surface area is 174 Å². The van der Waals surface area contributed by atoms with Crippen molar-refractivity contribution < 1.29 is 9.59 Å². The fourth-order valence-corrected chi connectivity index (χ4v) is 5.14. The summed E-state index contributed by atoms with van der Waals surface area (Å²) in [5.41, 5.74) is 6.16. The van der Waals surface area contributed by atoms with Gasteiger partial charge in [0.25, 0.3) is 0 Å². The summed E-state index contributed by atoms with van der Waals surface area (Å²) in [5, 5.41) is 0.865. The van der Waals surface area contributed by atoms with Crippen molar-refractivity contribution in [2.45, 2.75) is 51.6 Å². The molecule has 0 radical (unpaired) electrons. The maximum Gasteiger partial charge on any atom is 0.189 e. The lowest BCUT2D eigenvalue weighted by molar-refractivity contribution is 0.101. The van der Waals surface area contributed by atoms with E-state index in [-0.39, 0.29) is 17.3 Å². The third kappa shape index (κ3) is 3.69. The number of aromatic amines is 1. The number of thioether (sulfide) groups is 1. The van der Waals surface area contributed by atoms with Crippen molar-refractivity contribution in [1.82, 2.24) is 14.5 Å². The third-order valence-corrected chi connectivity index (χ3v) is 6.46. The Balaban J connectivity index is 1.62. The number of fused-ring (bicyclic) bond motifs is 1. The van der Waals surface area contributed by atoms with E-state index in [0.717, 1.165) is 47.1 Å². The lowest BCUT2D eigenvalue weighted by Crippen LogP contribution is -2.09. The standard InChI is InChI=1S/C23H25N3O2S/c1-14-21(16(3)27)15(2)24-22(14)20(28)13-29-23-25-18-11-7-8-12-19(18)26(23)17-9-5-4-6-10-17/h4-6,9-10,24H,7-8,11-13H2,1-3H3. The maximum atomic E-state index is 12.9. The van der Waals surface area contributed by atoms with Gasteiger partial charge in [0.1, 0.15) is 0 Å². The molecule has 29 heavy (non-hydrogen) atoms. The minimum atomic E-state index is -0.0183. The molecule has 1 aromatic carbocycles. The Hall–Kier alpha value is -2.60. The molecule has 3 aromatic rings. The number of benzene rings is 1. The number of para-hydroxylation sites is 1. The Morgan fingerprint density at radius 3 is 2.55 bits per heavy atom. The van der Waals surface area contributed by atoms with E-state index >= 15 is 0 Å². The first-order valence-electron chi connectivity index (χ1n) is 9.99. The molecule has 0 bridgehead atoms. The summed E-state index contributed by atoms with van der Waals surface area (Å²) in [6, 6.07) is 10.2. The molecule has 6 heteroatoms. The second-order valence-electron chi connectivity index (χ2n) is 7.56. The second-order valence-corrected chi connectivity index (χ2v) is 8.50. The summed E-state index contributed by atoms with van der Waals surface area (Å²) >= 11 is 1.47. The van der Waals surface area contributed by atoms with Gasteiger partial charge in [-0.2, -0.15) is 0 Å². The Morgan fingerprint density at radius 1 is 1.14 bits per heavy atom. The lowest BCUT2D eigenvalue weighted by atomic mass is 10.0. The Kier molecular flexibility index (Phi) is 5.46. The van der Waals surface area contributed by atoms with Gasteiger partial charge in [0, 0.05) is 22.6 Å². The molecule has 4 rings (SSSR count). The van der Waals surface area contributed by atoms with E-state index in [0.29, 0.717) is 11.3 Å². The number of nitrogens with zero attached hydrogens (tertiary/aromatic N) is 2. The first-order valence-corrected chi connectivity index (χ1v) is 11.0. The fraction of sp³-hybridized carbons (Fsp3) is 0.348. The van der Waals surface area contributed by atoms with E-state index < -0.39 is 0 Å². The number of nitrogens with one attached hydrogen (secondary N) is 1. The number of aromatic nitrogens is 3. The number of aryl methyl sites for hydroxylation is 2. The van der Waals surface area contributed by atoms with E-state index in [2.05, 4.69) is 21.7 Å². The molecular formula is C23H25N3O2S. The molecule has 0 aliphatic heterocycles. The molecule has 0 saturated heterocycles. The zero-order valence-electron chi connectivity index (χ0n) is 17.0. The number of carbonyl (C=O) groups is 2. The smallest absolute Gasteiger partial charge is 0.189 e. The van der Waals surface area contributed by atoms with Crippen LogP contribution < -0.4 is 0 Å². The maximum absolute atomic E-state index is 12.9. The first kappa shape index (κ1) is 19.7. The van der Waals surface area contributed by atoms with Crippen LogP contribution in [0.5, 0.6) is 0 Å². The monoisotopic (exact) mass is 407 g/mol. The minimum absolute atomic E-state index is 0.0105. The van der Waals surface area contributed by atoms with Crippen LogP contribution in [0.25, 0.3) is 5.69 Å². The molecular weight excluding hydrogens is 382 g/mol. The van der Waals surface area contributed by atoms with Crippen molar-refractivity contribution >= 4 is 23.3 Å². The average molecular weight is 408 g/mol. The molecule has 150 valence electrons. The Bertz CT molecular complexity index is 1080. The van der Waals surface area contributed by atoms with Crippen LogP contribution in [0.2, 0.25) is 0 Å². The molecule has 1 aliphatic carbocycles. The number of Topliss-reactive ketones (excluding diaryl/α,β-unsaturated/α-hetero) is 2. The predicted octanol–water partition coefficient (Wildman–Crippen LogP) is 4.87. The van der Waals surface area contributed by atoms with Gasteiger partial charge in [-0.15, -0.1) is 0 Å². The van der Waals surface area contributed by atoms with Gasteiger partial charge < -0.3 is 4.98 Å². The van der Waals surface area contributed by atoms with Gasteiger partial charge in [-0.25, -0.2) is 4.98 Å². The SMILES string of the molecule is CC(=O)c1c(C)[nH]c(C(=O)CSc2nc3c(n2-c2ccccc2)CCCC3)c1C. The van der Waals surface area contributed by atoms with Gasteiger partial charge in [-0.3, -0.25) is 14.2 Å². The fourth-order valence-electron chi connectivity index (χ4n) is 4.22. The topological polar surface area (TPSA) is 67.8 Å².